The van der Waals surface area contributed by atoms with Crippen LogP contribution in [-0.4, -0.2) is 5.78 Å². The number of halogens is 2. The summed E-state index contributed by atoms with van der Waals surface area (Å²) < 4.78 is 25.6. The van der Waals surface area contributed by atoms with Crippen LogP contribution in [0.25, 0.3) is 0 Å². The molecule has 0 aliphatic carbocycles. The van der Waals surface area contributed by atoms with Gasteiger partial charge in [0.25, 0.3) is 0 Å². The molecule has 0 saturated heterocycles. The highest BCUT2D eigenvalue weighted by atomic mass is 19.1. The summed E-state index contributed by atoms with van der Waals surface area (Å²) in [5.74, 6) is -1.59. The van der Waals surface area contributed by atoms with Crippen molar-refractivity contribution < 1.29 is 13.6 Å². The third-order valence-electron chi connectivity index (χ3n) is 2.19. The Balaban J connectivity index is 2.65. The Labute approximate surface area is 88.1 Å². The quantitative estimate of drug-likeness (QED) is 0.537. The van der Waals surface area contributed by atoms with Gasteiger partial charge in [0, 0.05) is 18.1 Å². The van der Waals surface area contributed by atoms with Crippen LogP contribution in [0.5, 0.6) is 0 Å². The van der Waals surface area contributed by atoms with Crippen molar-refractivity contribution in [2.45, 2.75) is 32.6 Å². The monoisotopic (exact) mass is 212 g/mol. The van der Waals surface area contributed by atoms with Gasteiger partial charge in [0.2, 0.25) is 0 Å². The zero-order chi connectivity index (χ0) is 11.3. The highest BCUT2D eigenvalue weighted by Gasteiger charge is 2.08. The molecule has 0 aromatic heterocycles. The Morgan fingerprint density at radius 1 is 1.13 bits per heavy atom. The number of hydrogen-bond acceptors (Lipinski definition) is 1. The van der Waals surface area contributed by atoms with Crippen LogP contribution in [0.15, 0.2) is 18.2 Å². The Hall–Kier alpha value is -1.25. The summed E-state index contributed by atoms with van der Waals surface area (Å²) in [5, 5.41) is 0. The minimum Gasteiger partial charge on any atom is -0.294 e. The molecule has 1 aromatic carbocycles. The van der Waals surface area contributed by atoms with Crippen molar-refractivity contribution in [1.82, 2.24) is 0 Å². The summed E-state index contributed by atoms with van der Waals surface area (Å²) in [7, 11) is 0. The minimum absolute atomic E-state index is 0.128. The number of benzene rings is 1. The van der Waals surface area contributed by atoms with Crippen molar-refractivity contribution in [2.75, 3.05) is 0 Å². The summed E-state index contributed by atoms with van der Waals surface area (Å²) in [4.78, 5) is 11.5. The van der Waals surface area contributed by atoms with Gasteiger partial charge in [-0.3, -0.25) is 4.79 Å². The van der Waals surface area contributed by atoms with Crippen molar-refractivity contribution >= 4 is 5.78 Å². The second-order valence-electron chi connectivity index (χ2n) is 3.54. The van der Waals surface area contributed by atoms with Crippen LogP contribution >= 0.6 is 0 Å². The zero-order valence-corrected chi connectivity index (χ0v) is 8.72. The molecule has 1 aromatic rings. The van der Waals surface area contributed by atoms with E-state index in [0.29, 0.717) is 6.42 Å². The molecule has 1 rings (SSSR count). The standard InChI is InChI=1S/C12H14F2O/c1-2-3-4-5-12(15)9-6-10(13)8-11(14)7-9/h6-8H,2-5H2,1H3. The van der Waals surface area contributed by atoms with Gasteiger partial charge < -0.3 is 0 Å². The van der Waals surface area contributed by atoms with E-state index in [1.807, 2.05) is 6.92 Å². The van der Waals surface area contributed by atoms with E-state index in [0.717, 1.165) is 37.5 Å². The number of carbonyl (C=O) groups is 1. The van der Waals surface area contributed by atoms with Crippen LogP contribution in [0.1, 0.15) is 43.0 Å². The number of hydrogen-bond donors (Lipinski definition) is 0. The molecule has 0 unspecified atom stereocenters. The maximum Gasteiger partial charge on any atom is 0.163 e. The third-order valence-corrected chi connectivity index (χ3v) is 2.19. The summed E-state index contributed by atoms with van der Waals surface area (Å²) in [5.41, 5.74) is 0.128. The van der Waals surface area contributed by atoms with Gasteiger partial charge in [-0.25, -0.2) is 8.78 Å². The fraction of sp³-hybridized carbons (Fsp3) is 0.417. The van der Waals surface area contributed by atoms with Crippen LogP contribution in [0.4, 0.5) is 8.78 Å². The van der Waals surface area contributed by atoms with Crippen molar-refractivity contribution in [2.24, 2.45) is 0 Å². The van der Waals surface area contributed by atoms with E-state index < -0.39 is 11.6 Å². The first-order chi connectivity index (χ1) is 7.13. The van der Waals surface area contributed by atoms with E-state index in [9.17, 15) is 13.6 Å². The van der Waals surface area contributed by atoms with Crippen LogP contribution < -0.4 is 0 Å². The molecule has 0 radical (unpaired) electrons. The first-order valence-electron chi connectivity index (χ1n) is 5.12. The highest BCUT2D eigenvalue weighted by Crippen LogP contribution is 2.12. The van der Waals surface area contributed by atoms with Gasteiger partial charge in [-0.05, 0) is 18.6 Å². The highest BCUT2D eigenvalue weighted by molar-refractivity contribution is 5.96. The first kappa shape index (κ1) is 11.8. The molecule has 1 nitrogen and oxygen atoms in total. The molecular weight excluding hydrogens is 198 g/mol. The summed E-state index contributed by atoms with van der Waals surface area (Å²) in [6.07, 6.45) is 3.11. The van der Waals surface area contributed by atoms with E-state index in [4.69, 9.17) is 0 Å². The smallest absolute Gasteiger partial charge is 0.163 e. The lowest BCUT2D eigenvalue weighted by Crippen LogP contribution is -2.00. The van der Waals surface area contributed by atoms with Crippen LogP contribution in [-0.2, 0) is 0 Å². The normalized spacial score (nSPS) is 10.3. The molecule has 3 heteroatoms. The van der Waals surface area contributed by atoms with E-state index in [1.165, 1.54) is 0 Å². The Bertz CT molecular complexity index is 327. The number of rotatable bonds is 5. The molecule has 0 heterocycles. The maximum atomic E-state index is 12.8. The predicted molar refractivity (Wildman–Crippen MR) is 54.8 cm³/mol. The third kappa shape index (κ3) is 3.78. The molecule has 0 N–H and O–H groups in total. The Morgan fingerprint density at radius 3 is 2.27 bits per heavy atom. The van der Waals surface area contributed by atoms with E-state index in [1.54, 1.807) is 0 Å². The summed E-state index contributed by atoms with van der Waals surface area (Å²) in [6.45, 7) is 2.03. The van der Waals surface area contributed by atoms with Crippen molar-refractivity contribution in [3.8, 4) is 0 Å². The molecule has 15 heavy (non-hydrogen) atoms. The van der Waals surface area contributed by atoms with Gasteiger partial charge in [0.1, 0.15) is 11.6 Å². The molecule has 0 fully saturated rings. The van der Waals surface area contributed by atoms with Gasteiger partial charge in [0.05, 0.1) is 0 Å². The molecule has 82 valence electrons. The van der Waals surface area contributed by atoms with Crippen LogP contribution in [0.2, 0.25) is 0 Å². The van der Waals surface area contributed by atoms with Crippen molar-refractivity contribution in [3.63, 3.8) is 0 Å². The fourth-order valence-electron chi connectivity index (χ4n) is 1.39. The number of unbranched alkanes of at least 4 members (excludes halogenated alkanes) is 2. The summed E-state index contributed by atoms with van der Waals surface area (Å²) in [6, 6.07) is 2.93. The van der Waals surface area contributed by atoms with Gasteiger partial charge in [-0.1, -0.05) is 19.8 Å². The molecule has 0 bridgehead atoms. The molecule has 0 spiro atoms. The van der Waals surface area contributed by atoms with Gasteiger partial charge in [-0.15, -0.1) is 0 Å². The van der Waals surface area contributed by atoms with Crippen LogP contribution in [0.3, 0.4) is 0 Å². The predicted octanol–water partition coefficient (Wildman–Crippen LogP) is 3.73. The van der Waals surface area contributed by atoms with Crippen molar-refractivity contribution in [3.05, 3.63) is 35.4 Å². The lowest BCUT2D eigenvalue weighted by Gasteiger charge is -2.01. The Morgan fingerprint density at radius 2 is 1.73 bits per heavy atom. The number of ketones is 1. The average molecular weight is 212 g/mol. The van der Waals surface area contributed by atoms with Gasteiger partial charge in [0.15, 0.2) is 5.78 Å². The molecule has 0 saturated carbocycles. The van der Waals surface area contributed by atoms with E-state index in [2.05, 4.69) is 0 Å². The zero-order valence-electron chi connectivity index (χ0n) is 8.72. The average Bonchev–Trinajstić information content (AvgIpc) is 2.16. The fourth-order valence-corrected chi connectivity index (χ4v) is 1.39. The number of Topliss-reactive ketones (excluding diaryl/α,β-unsaturated/α-hetero) is 1. The largest absolute Gasteiger partial charge is 0.294 e. The minimum atomic E-state index is -0.700. The van der Waals surface area contributed by atoms with Gasteiger partial charge >= 0.3 is 0 Å². The molecule has 0 amide bonds. The number of carbonyl (C=O) groups excluding carboxylic acids is 1. The lowest BCUT2D eigenvalue weighted by atomic mass is 10.0. The SMILES string of the molecule is CCCCCC(=O)c1cc(F)cc(F)c1. The molecule has 0 aliphatic heterocycles. The van der Waals surface area contributed by atoms with Crippen LogP contribution in [0, 0.1) is 11.6 Å². The molecule has 0 atom stereocenters. The van der Waals surface area contributed by atoms with Crippen molar-refractivity contribution in [1.29, 1.82) is 0 Å². The lowest BCUT2D eigenvalue weighted by molar-refractivity contribution is 0.0978. The van der Waals surface area contributed by atoms with E-state index in [-0.39, 0.29) is 11.3 Å². The summed E-state index contributed by atoms with van der Waals surface area (Å²) >= 11 is 0. The van der Waals surface area contributed by atoms with E-state index >= 15 is 0 Å². The second-order valence-corrected chi connectivity index (χ2v) is 3.54. The van der Waals surface area contributed by atoms with Gasteiger partial charge in [-0.2, -0.15) is 0 Å². The Kier molecular flexibility index (Phi) is 4.40. The first-order valence-corrected chi connectivity index (χ1v) is 5.12. The second kappa shape index (κ2) is 5.59. The maximum absolute atomic E-state index is 12.8. The topological polar surface area (TPSA) is 17.1 Å². The molecule has 0 aliphatic rings. The molecular formula is C12H14F2O.